The Morgan fingerprint density at radius 1 is 1.38 bits per heavy atom. The molecule has 1 aromatic carbocycles. The van der Waals surface area contributed by atoms with E-state index in [2.05, 4.69) is 10.3 Å². The number of hydrogen-bond donors (Lipinski definition) is 2. The van der Waals surface area contributed by atoms with Gasteiger partial charge in [0.05, 0.1) is 0 Å². The fourth-order valence-corrected chi connectivity index (χ4v) is 1.88. The standard InChI is InChI=1S/C12H13N3S/c13-5-7-15-12(16)11-3-1-2-9-8-14-6-4-10(9)11/h1-4,6,8H,5,7,13H2,(H,15,16). The van der Waals surface area contributed by atoms with Crippen molar-refractivity contribution in [2.45, 2.75) is 0 Å². The van der Waals surface area contributed by atoms with E-state index in [1.54, 1.807) is 6.20 Å². The molecule has 4 heteroatoms. The monoisotopic (exact) mass is 231 g/mol. The lowest BCUT2D eigenvalue weighted by atomic mass is 10.1. The molecule has 0 bridgehead atoms. The predicted molar refractivity (Wildman–Crippen MR) is 70.5 cm³/mol. The minimum atomic E-state index is 0.576. The number of rotatable bonds is 3. The van der Waals surface area contributed by atoms with Crippen LogP contribution in [0, 0.1) is 0 Å². The summed E-state index contributed by atoms with van der Waals surface area (Å²) in [6.45, 7) is 1.27. The van der Waals surface area contributed by atoms with Crippen LogP contribution in [0.1, 0.15) is 5.56 Å². The molecule has 82 valence electrons. The molecule has 0 unspecified atom stereocenters. The molecule has 1 aromatic heterocycles. The van der Waals surface area contributed by atoms with Crippen LogP contribution in [0.5, 0.6) is 0 Å². The SMILES string of the molecule is NCCNC(=S)c1cccc2cnccc12. The van der Waals surface area contributed by atoms with Crippen molar-refractivity contribution in [3.05, 3.63) is 42.2 Å². The van der Waals surface area contributed by atoms with Crippen LogP contribution in [0.25, 0.3) is 10.8 Å². The number of nitrogens with zero attached hydrogens (tertiary/aromatic N) is 1. The third kappa shape index (κ3) is 2.18. The van der Waals surface area contributed by atoms with Gasteiger partial charge in [-0.15, -0.1) is 0 Å². The summed E-state index contributed by atoms with van der Waals surface area (Å²) < 4.78 is 0. The highest BCUT2D eigenvalue weighted by atomic mass is 32.1. The van der Waals surface area contributed by atoms with Crippen molar-refractivity contribution in [2.24, 2.45) is 5.73 Å². The van der Waals surface area contributed by atoms with Gasteiger partial charge in [0.2, 0.25) is 0 Å². The molecule has 0 radical (unpaired) electrons. The van der Waals surface area contributed by atoms with Crippen molar-refractivity contribution in [1.82, 2.24) is 10.3 Å². The minimum absolute atomic E-state index is 0.576. The Balaban J connectivity index is 2.40. The predicted octanol–water partition coefficient (Wildman–Crippen LogP) is 1.46. The molecule has 0 saturated carbocycles. The van der Waals surface area contributed by atoms with Crippen molar-refractivity contribution >= 4 is 28.0 Å². The molecule has 0 saturated heterocycles. The Labute approximate surface area is 99.7 Å². The summed E-state index contributed by atoms with van der Waals surface area (Å²) >= 11 is 5.33. The first kappa shape index (κ1) is 11.0. The van der Waals surface area contributed by atoms with E-state index in [1.165, 1.54) is 0 Å². The van der Waals surface area contributed by atoms with Gasteiger partial charge in [-0.1, -0.05) is 30.4 Å². The second-order valence-corrected chi connectivity index (χ2v) is 3.86. The normalized spacial score (nSPS) is 10.3. The van der Waals surface area contributed by atoms with Crippen molar-refractivity contribution < 1.29 is 0 Å². The summed E-state index contributed by atoms with van der Waals surface area (Å²) in [4.78, 5) is 4.83. The molecule has 1 heterocycles. The number of fused-ring (bicyclic) bond motifs is 1. The molecule has 3 nitrogen and oxygen atoms in total. The van der Waals surface area contributed by atoms with Gasteiger partial charge in [0.15, 0.2) is 0 Å². The highest BCUT2D eigenvalue weighted by molar-refractivity contribution is 7.80. The number of nitrogens with two attached hydrogens (primary N) is 1. The van der Waals surface area contributed by atoms with Crippen LogP contribution >= 0.6 is 12.2 Å². The van der Waals surface area contributed by atoms with E-state index in [-0.39, 0.29) is 0 Å². The molecule has 0 aliphatic rings. The maximum absolute atomic E-state index is 5.44. The van der Waals surface area contributed by atoms with Crippen LogP contribution in [0.2, 0.25) is 0 Å². The molecule has 0 amide bonds. The van der Waals surface area contributed by atoms with Crippen LogP contribution in [0.3, 0.4) is 0 Å². The summed E-state index contributed by atoms with van der Waals surface area (Å²) in [6.07, 6.45) is 3.61. The number of benzene rings is 1. The second-order valence-electron chi connectivity index (χ2n) is 3.45. The zero-order valence-corrected chi connectivity index (χ0v) is 9.63. The number of thiocarbonyl (C=S) groups is 1. The largest absolute Gasteiger partial charge is 0.375 e. The van der Waals surface area contributed by atoms with Gasteiger partial charge in [-0.2, -0.15) is 0 Å². The summed E-state index contributed by atoms with van der Waals surface area (Å²) in [6, 6.07) is 7.99. The van der Waals surface area contributed by atoms with Crippen LogP contribution in [0.4, 0.5) is 0 Å². The Morgan fingerprint density at radius 2 is 2.25 bits per heavy atom. The average molecular weight is 231 g/mol. The van der Waals surface area contributed by atoms with Crippen molar-refractivity contribution in [3.63, 3.8) is 0 Å². The van der Waals surface area contributed by atoms with Crippen LogP contribution in [0.15, 0.2) is 36.7 Å². The van der Waals surface area contributed by atoms with Gasteiger partial charge >= 0.3 is 0 Å². The van der Waals surface area contributed by atoms with Crippen molar-refractivity contribution in [2.75, 3.05) is 13.1 Å². The Bertz CT molecular complexity index is 505. The third-order valence-electron chi connectivity index (χ3n) is 2.36. The summed E-state index contributed by atoms with van der Waals surface area (Å²) in [5, 5.41) is 5.34. The lowest BCUT2D eigenvalue weighted by molar-refractivity contribution is 0.886. The molecular weight excluding hydrogens is 218 g/mol. The number of pyridine rings is 1. The zero-order valence-electron chi connectivity index (χ0n) is 8.81. The maximum atomic E-state index is 5.44. The highest BCUT2D eigenvalue weighted by Gasteiger charge is 2.04. The highest BCUT2D eigenvalue weighted by Crippen LogP contribution is 2.17. The van der Waals surface area contributed by atoms with E-state index >= 15 is 0 Å². The molecule has 0 aliphatic heterocycles. The van der Waals surface area contributed by atoms with Crippen molar-refractivity contribution in [3.8, 4) is 0 Å². The lowest BCUT2D eigenvalue weighted by Gasteiger charge is -2.09. The lowest BCUT2D eigenvalue weighted by Crippen LogP contribution is -2.28. The molecule has 0 spiro atoms. The smallest absolute Gasteiger partial charge is 0.107 e. The number of aromatic nitrogens is 1. The van der Waals surface area contributed by atoms with E-state index in [0.29, 0.717) is 13.1 Å². The summed E-state index contributed by atoms with van der Waals surface area (Å²) in [5.74, 6) is 0. The van der Waals surface area contributed by atoms with E-state index in [9.17, 15) is 0 Å². The number of hydrogen-bond acceptors (Lipinski definition) is 3. The van der Waals surface area contributed by atoms with E-state index < -0.39 is 0 Å². The molecule has 2 aromatic rings. The van der Waals surface area contributed by atoms with Gasteiger partial charge in [-0.25, -0.2) is 0 Å². The minimum Gasteiger partial charge on any atom is -0.375 e. The zero-order chi connectivity index (χ0) is 11.4. The van der Waals surface area contributed by atoms with Gasteiger partial charge in [0.25, 0.3) is 0 Å². The first-order valence-electron chi connectivity index (χ1n) is 5.14. The van der Waals surface area contributed by atoms with Crippen LogP contribution in [-0.4, -0.2) is 23.1 Å². The molecule has 16 heavy (non-hydrogen) atoms. The summed E-state index contributed by atoms with van der Waals surface area (Å²) in [7, 11) is 0. The van der Waals surface area contributed by atoms with E-state index in [0.717, 1.165) is 21.3 Å². The first-order chi connectivity index (χ1) is 7.83. The molecule has 0 fully saturated rings. The second kappa shape index (κ2) is 5.01. The third-order valence-corrected chi connectivity index (χ3v) is 2.72. The Hall–Kier alpha value is -1.52. The summed E-state index contributed by atoms with van der Waals surface area (Å²) in [5.41, 5.74) is 6.47. The van der Waals surface area contributed by atoms with E-state index in [4.69, 9.17) is 18.0 Å². The van der Waals surface area contributed by atoms with E-state index in [1.807, 2.05) is 30.5 Å². The quantitative estimate of drug-likeness (QED) is 0.785. The van der Waals surface area contributed by atoms with Gasteiger partial charge in [0.1, 0.15) is 4.99 Å². The average Bonchev–Trinajstić information content (AvgIpc) is 2.35. The van der Waals surface area contributed by atoms with Gasteiger partial charge in [-0.05, 0) is 11.5 Å². The molecular formula is C12H13N3S. The fraction of sp³-hybridized carbons (Fsp3) is 0.167. The van der Waals surface area contributed by atoms with Gasteiger partial charge in [-0.3, -0.25) is 4.98 Å². The molecule has 2 rings (SSSR count). The number of nitrogens with one attached hydrogen (secondary N) is 1. The van der Waals surface area contributed by atoms with Crippen LogP contribution in [-0.2, 0) is 0 Å². The first-order valence-corrected chi connectivity index (χ1v) is 5.55. The molecule has 0 atom stereocenters. The van der Waals surface area contributed by atoms with Crippen LogP contribution < -0.4 is 11.1 Å². The Kier molecular flexibility index (Phi) is 3.44. The van der Waals surface area contributed by atoms with Gasteiger partial charge < -0.3 is 11.1 Å². The topological polar surface area (TPSA) is 50.9 Å². The molecule has 3 N–H and O–H groups in total. The maximum Gasteiger partial charge on any atom is 0.107 e. The fourth-order valence-electron chi connectivity index (χ4n) is 1.60. The van der Waals surface area contributed by atoms with Crippen molar-refractivity contribution in [1.29, 1.82) is 0 Å². The Morgan fingerprint density at radius 3 is 3.06 bits per heavy atom. The van der Waals surface area contributed by atoms with Gasteiger partial charge in [0, 0.05) is 36.4 Å². The molecule has 0 aliphatic carbocycles.